The maximum atomic E-state index is 13.6. The predicted molar refractivity (Wildman–Crippen MR) is 146 cm³/mol. The van der Waals surface area contributed by atoms with E-state index in [9.17, 15) is 9.59 Å². The van der Waals surface area contributed by atoms with Gasteiger partial charge in [0.25, 0.3) is 0 Å². The molecule has 2 N–H and O–H groups in total. The Morgan fingerprint density at radius 1 is 1.16 bits per heavy atom. The monoisotopic (exact) mass is 531 g/mol. The van der Waals surface area contributed by atoms with Crippen LogP contribution in [0.15, 0.2) is 55.1 Å². The van der Waals surface area contributed by atoms with E-state index in [0.717, 1.165) is 42.5 Å². The molecule has 1 atom stereocenters. The van der Waals surface area contributed by atoms with Crippen LogP contribution in [0, 0.1) is 13.8 Å². The van der Waals surface area contributed by atoms with Crippen molar-refractivity contribution in [3.8, 4) is 22.8 Å². The highest BCUT2D eigenvalue weighted by molar-refractivity contribution is 6.29. The van der Waals surface area contributed by atoms with E-state index in [2.05, 4.69) is 41.8 Å². The van der Waals surface area contributed by atoms with Crippen LogP contribution in [0.5, 0.6) is 0 Å². The van der Waals surface area contributed by atoms with Crippen LogP contribution in [0.25, 0.3) is 33.8 Å². The van der Waals surface area contributed by atoms with E-state index in [1.54, 1.807) is 12.1 Å². The Morgan fingerprint density at radius 2 is 2.00 bits per heavy atom. The normalized spacial score (nSPS) is 14.0. The molecule has 0 saturated heterocycles. The molecule has 0 amide bonds. The van der Waals surface area contributed by atoms with Gasteiger partial charge >= 0.3 is 5.76 Å². The lowest BCUT2D eigenvalue weighted by molar-refractivity contribution is 0.388. The van der Waals surface area contributed by atoms with Gasteiger partial charge in [-0.3, -0.25) is 14.3 Å². The Balaban J connectivity index is 1.48. The van der Waals surface area contributed by atoms with Crippen molar-refractivity contribution >= 4 is 28.3 Å². The van der Waals surface area contributed by atoms with Gasteiger partial charge in [0.2, 0.25) is 5.82 Å². The SMILES string of the molecule is Cc1cc([C@@H](C)Nc2ccc(Cl)nc2-c2noc(=O)[nH]2)c2oc(-c3ccn4c3CCCC4)c(C)c(=O)c2c1. The van der Waals surface area contributed by atoms with E-state index in [-0.39, 0.29) is 22.4 Å². The van der Waals surface area contributed by atoms with E-state index >= 15 is 0 Å². The van der Waals surface area contributed by atoms with E-state index in [1.165, 1.54) is 5.69 Å². The van der Waals surface area contributed by atoms with Crippen LogP contribution < -0.4 is 16.5 Å². The zero-order chi connectivity index (χ0) is 26.6. The van der Waals surface area contributed by atoms with Crippen molar-refractivity contribution in [2.24, 2.45) is 0 Å². The average Bonchev–Trinajstić information content (AvgIpc) is 3.53. The van der Waals surface area contributed by atoms with Gasteiger partial charge in [0.1, 0.15) is 22.2 Å². The number of nitrogens with one attached hydrogen (secondary N) is 2. The first-order valence-corrected chi connectivity index (χ1v) is 12.9. The third kappa shape index (κ3) is 4.12. The molecule has 1 aliphatic rings. The van der Waals surface area contributed by atoms with Gasteiger partial charge in [0.05, 0.1) is 17.1 Å². The number of benzene rings is 1. The molecule has 0 radical (unpaired) electrons. The molecular weight excluding hydrogens is 506 g/mol. The van der Waals surface area contributed by atoms with Crippen molar-refractivity contribution in [3.05, 3.63) is 84.8 Å². The standard InChI is InChI=1S/C28H26ClN5O4/c1-14-12-18(16(3)30-20-7-8-22(29)31-23(20)27-32-28(36)38-33-27)26-19(13-14)24(35)15(2)25(37-26)17-9-11-34-10-5-4-6-21(17)34/h7-9,11-13,16,30H,4-6,10H2,1-3H3,(H,32,33,36)/t16-/m1/s1. The lowest BCUT2D eigenvalue weighted by Crippen LogP contribution is -2.14. The van der Waals surface area contributed by atoms with Crippen molar-refractivity contribution in [3.63, 3.8) is 0 Å². The van der Waals surface area contributed by atoms with Gasteiger partial charge in [-0.25, -0.2) is 9.78 Å². The molecule has 4 aromatic heterocycles. The molecule has 0 bridgehead atoms. The van der Waals surface area contributed by atoms with E-state index < -0.39 is 5.76 Å². The minimum Gasteiger partial charge on any atom is -0.455 e. The van der Waals surface area contributed by atoms with Crippen LogP contribution in [0.3, 0.4) is 0 Å². The fraction of sp³-hybridized carbons (Fsp3) is 0.286. The van der Waals surface area contributed by atoms with Gasteiger partial charge in [-0.15, -0.1) is 0 Å². The number of halogens is 1. The Kier molecular flexibility index (Phi) is 5.95. The lowest BCUT2D eigenvalue weighted by atomic mass is 9.98. The first-order chi connectivity index (χ1) is 18.3. The number of H-pyrrole nitrogens is 1. The van der Waals surface area contributed by atoms with Crippen LogP contribution >= 0.6 is 11.6 Å². The topological polar surface area (TPSA) is 119 Å². The maximum Gasteiger partial charge on any atom is 0.439 e. The summed E-state index contributed by atoms with van der Waals surface area (Å²) in [5.41, 5.74) is 5.97. The Morgan fingerprint density at radius 3 is 2.79 bits per heavy atom. The van der Waals surface area contributed by atoms with Gasteiger partial charge in [0, 0.05) is 35.1 Å². The molecule has 0 aliphatic carbocycles. The molecule has 5 aromatic rings. The number of aromatic nitrogens is 4. The summed E-state index contributed by atoms with van der Waals surface area (Å²) in [6, 6.07) is 9.03. The summed E-state index contributed by atoms with van der Waals surface area (Å²) >= 11 is 6.13. The number of aromatic amines is 1. The third-order valence-corrected chi connectivity index (χ3v) is 7.35. The highest BCUT2D eigenvalue weighted by atomic mass is 35.5. The van der Waals surface area contributed by atoms with Crippen LogP contribution in [-0.2, 0) is 13.0 Å². The first kappa shape index (κ1) is 24.2. The van der Waals surface area contributed by atoms with Crippen LogP contribution in [0.4, 0.5) is 5.69 Å². The molecule has 0 unspecified atom stereocenters. The van der Waals surface area contributed by atoms with Gasteiger partial charge in [-0.2, -0.15) is 0 Å². The summed E-state index contributed by atoms with van der Waals surface area (Å²) in [7, 11) is 0. The quantitative estimate of drug-likeness (QED) is 0.276. The number of nitrogens with zero attached hydrogens (tertiary/aromatic N) is 3. The van der Waals surface area contributed by atoms with Gasteiger partial charge in [-0.05, 0) is 69.9 Å². The van der Waals surface area contributed by atoms with Crippen molar-refractivity contribution in [2.45, 2.75) is 52.6 Å². The second-order valence-electron chi connectivity index (χ2n) is 9.78. The number of aryl methyl sites for hydroxylation is 2. The minimum atomic E-state index is -0.692. The zero-order valence-electron chi connectivity index (χ0n) is 21.2. The average molecular weight is 532 g/mol. The van der Waals surface area contributed by atoms with Crippen molar-refractivity contribution in [1.29, 1.82) is 0 Å². The molecule has 10 heteroatoms. The summed E-state index contributed by atoms with van der Waals surface area (Å²) < 4.78 is 13.5. The Hall–Kier alpha value is -4.11. The molecule has 5 heterocycles. The van der Waals surface area contributed by atoms with Crippen molar-refractivity contribution < 1.29 is 8.94 Å². The van der Waals surface area contributed by atoms with Crippen molar-refractivity contribution in [2.75, 3.05) is 5.32 Å². The Labute approximate surface area is 222 Å². The van der Waals surface area contributed by atoms with E-state index in [0.29, 0.717) is 33.7 Å². The highest BCUT2D eigenvalue weighted by Crippen LogP contribution is 2.36. The number of hydrogen-bond donors (Lipinski definition) is 2. The number of pyridine rings is 1. The maximum absolute atomic E-state index is 13.6. The second kappa shape index (κ2) is 9.33. The molecule has 1 aliphatic heterocycles. The fourth-order valence-corrected chi connectivity index (χ4v) is 5.44. The summed E-state index contributed by atoms with van der Waals surface area (Å²) in [5.74, 6) is 0.0803. The molecule has 6 rings (SSSR count). The highest BCUT2D eigenvalue weighted by Gasteiger charge is 2.23. The van der Waals surface area contributed by atoms with E-state index in [4.69, 9.17) is 16.0 Å². The smallest absolute Gasteiger partial charge is 0.439 e. The lowest BCUT2D eigenvalue weighted by Gasteiger charge is -2.20. The summed E-state index contributed by atoms with van der Waals surface area (Å²) in [6.07, 6.45) is 5.31. The van der Waals surface area contributed by atoms with E-state index in [1.807, 2.05) is 32.9 Å². The fourth-order valence-electron chi connectivity index (χ4n) is 5.30. The molecule has 9 nitrogen and oxygen atoms in total. The molecule has 1 aromatic carbocycles. The zero-order valence-corrected chi connectivity index (χ0v) is 22.0. The van der Waals surface area contributed by atoms with Crippen LogP contribution in [0.2, 0.25) is 5.15 Å². The van der Waals surface area contributed by atoms with Crippen molar-refractivity contribution in [1.82, 2.24) is 19.7 Å². The molecule has 194 valence electrons. The number of anilines is 1. The molecule has 0 fully saturated rings. The van der Waals surface area contributed by atoms with Crippen LogP contribution in [0.1, 0.15) is 48.2 Å². The molecule has 0 saturated carbocycles. The number of rotatable bonds is 5. The molecule has 0 spiro atoms. The molecule has 38 heavy (non-hydrogen) atoms. The minimum absolute atomic E-state index is 0.0387. The third-order valence-electron chi connectivity index (χ3n) is 7.14. The van der Waals surface area contributed by atoms with Gasteiger partial charge in [-0.1, -0.05) is 22.8 Å². The van der Waals surface area contributed by atoms with Gasteiger partial charge in [0.15, 0.2) is 5.43 Å². The largest absolute Gasteiger partial charge is 0.455 e. The first-order valence-electron chi connectivity index (χ1n) is 12.6. The summed E-state index contributed by atoms with van der Waals surface area (Å²) in [6.45, 7) is 6.74. The summed E-state index contributed by atoms with van der Waals surface area (Å²) in [5, 5.41) is 7.97. The summed E-state index contributed by atoms with van der Waals surface area (Å²) in [4.78, 5) is 32.0. The second-order valence-corrected chi connectivity index (χ2v) is 10.2. The van der Waals surface area contributed by atoms with Gasteiger partial charge < -0.3 is 14.3 Å². The predicted octanol–water partition coefficient (Wildman–Crippen LogP) is 5.78. The van der Waals surface area contributed by atoms with Crippen LogP contribution in [-0.4, -0.2) is 19.7 Å². The molecular formula is C28H26ClN5O4. The Bertz CT molecular complexity index is 1810. The number of hydrogen-bond acceptors (Lipinski definition) is 7. The number of fused-ring (bicyclic) bond motifs is 2.